The number of aryl methyl sites for hydroxylation is 1. The van der Waals surface area contributed by atoms with Gasteiger partial charge in [-0.1, -0.05) is 0 Å². The van der Waals surface area contributed by atoms with Crippen molar-refractivity contribution >= 4 is 29.9 Å². The zero-order valence-electron chi connectivity index (χ0n) is 14.1. The molecule has 0 aliphatic rings. The summed E-state index contributed by atoms with van der Waals surface area (Å²) in [5, 5.41) is 17.7. The number of nitrogens with zero attached hydrogens (tertiary/aromatic N) is 5. The topological polar surface area (TPSA) is 109 Å². The lowest BCUT2D eigenvalue weighted by molar-refractivity contribution is 0.577. The number of rotatable bonds is 6. The van der Waals surface area contributed by atoms with Crippen LogP contribution in [-0.4, -0.2) is 44.5 Å². The predicted molar refractivity (Wildman–Crippen MR) is 105 cm³/mol. The summed E-state index contributed by atoms with van der Waals surface area (Å²) in [6.45, 7) is 1.33. The second kappa shape index (κ2) is 9.20. The molecule has 0 bridgehead atoms. The molecule has 0 aromatic carbocycles. The van der Waals surface area contributed by atoms with Crippen molar-refractivity contribution in [2.24, 2.45) is 12.0 Å². The van der Waals surface area contributed by atoms with Crippen LogP contribution in [0, 0.1) is 0 Å². The number of aromatic nitrogens is 5. The van der Waals surface area contributed by atoms with Gasteiger partial charge in [-0.2, -0.15) is 10.2 Å². The van der Waals surface area contributed by atoms with Gasteiger partial charge in [0.2, 0.25) is 5.82 Å². The van der Waals surface area contributed by atoms with Crippen molar-refractivity contribution in [3.05, 3.63) is 42.2 Å². The van der Waals surface area contributed by atoms with Gasteiger partial charge in [-0.15, -0.1) is 24.0 Å². The van der Waals surface area contributed by atoms with Crippen molar-refractivity contribution in [2.75, 3.05) is 13.6 Å². The van der Waals surface area contributed by atoms with Crippen molar-refractivity contribution in [1.29, 1.82) is 0 Å². The summed E-state index contributed by atoms with van der Waals surface area (Å²) in [5.41, 5.74) is 1.08. The first-order chi connectivity index (χ1) is 11.8. The first-order valence-electron chi connectivity index (χ1n) is 7.63. The quantitative estimate of drug-likeness (QED) is 0.294. The van der Waals surface area contributed by atoms with Gasteiger partial charge in [0.15, 0.2) is 11.7 Å². The highest BCUT2D eigenvalue weighted by Gasteiger charge is 2.08. The van der Waals surface area contributed by atoms with Crippen molar-refractivity contribution in [3.63, 3.8) is 0 Å². The van der Waals surface area contributed by atoms with Crippen LogP contribution in [0.15, 0.2) is 40.1 Å². The summed E-state index contributed by atoms with van der Waals surface area (Å²) in [7, 11) is 3.65. The molecule has 0 aliphatic carbocycles. The molecular formula is C15H21IN8O. The maximum Gasteiger partial charge on any atom is 0.216 e. The average Bonchev–Trinajstić information content (AvgIpc) is 3.32. The zero-order valence-corrected chi connectivity index (χ0v) is 16.4. The Morgan fingerprint density at radius 1 is 1.36 bits per heavy atom. The van der Waals surface area contributed by atoms with E-state index >= 15 is 0 Å². The predicted octanol–water partition coefficient (Wildman–Crippen LogP) is 1.32. The highest BCUT2D eigenvalue weighted by Crippen LogP contribution is 2.14. The lowest BCUT2D eigenvalue weighted by Crippen LogP contribution is -2.38. The van der Waals surface area contributed by atoms with Gasteiger partial charge in [-0.3, -0.25) is 14.8 Å². The Kier molecular flexibility index (Phi) is 6.98. The molecule has 10 heteroatoms. The molecule has 9 nitrogen and oxygen atoms in total. The van der Waals surface area contributed by atoms with Crippen LogP contribution in [0.25, 0.3) is 11.6 Å². The van der Waals surface area contributed by atoms with Crippen molar-refractivity contribution < 1.29 is 4.42 Å². The van der Waals surface area contributed by atoms with Gasteiger partial charge in [-0.05, 0) is 18.2 Å². The molecule has 3 aromatic rings. The lowest BCUT2D eigenvalue weighted by atomic mass is 10.4. The van der Waals surface area contributed by atoms with Crippen LogP contribution < -0.4 is 10.6 Å². The van der Waals surface area contributed by atoms with Gasteiger partial charge in [0, 0.05) is 33.3 Å². The number of guanidine groups is 1. The first-order valence-corrected chi connectivity index (χ1v) is 7.63. The number of halogens is 1. The minimum Gasteiger partial charge on any atom is -0.461 e. The minimum absolute atomic E-state index is 0. The number of hydrogen-bond donors (Lipinski definition) is 3. The summed E-state index contributed by atoms with van der Waals surface area (Å²) in [4.78, 5) is 8.60. The summed E-state index contributed by atoms with van der Waals surface area (Å²) < 4.78 is 7.10. The molecule has 0 spiro atoms. The van der Waals surface area contributed by atoms with Crippen molar-refractivity contribution in [3.8, 4) is 11.6 Å². The lowest BCUT2D eigenvalue weighted by Gasteiger charge is -2.11. The van der Waals surface area contributed by atoms with E-state index < -0.39 is 0 Å². The third-order valence-electron chi connectivity index (χ3n) is 3.51. The molecule has 25 heavy (non-hydrogen) atoms. The van der Waals surface area contributed by atoms with Crippen molar-refractivity contribution in [2.45, 2.75) is 13.0 Å². The monoisotopic (exact) mass is 456 g/mol. The van der Waals surface area contributed by atoms with Crippen LogP contribution in [0.4, 0.5) is 0 Å². The molecule has 3 aromatic heterocycles. The Morgan fingerprint density at radius 3 is 2.92 bits per heavy atom. The molecular weight excluding hydrogens is 435 g/mol. The fourth-order valence-corrected chi connectivity index (χ4v) is 2.19. The Bertz CT molecular complexity index is 792. The second-order valence-electron chi connectivity index (χ2n) is 5.13. The van der Waals surface area contributed by atoms with Crippen LogP contribution in [0.2, 0.25) is 0 Å². The van der Waals surface area contributed by atoms with E-state index in [4.69, 9.17) is 4.42 Å². The molecule has 0 fully saturated rings. The normalized spacial score (nSPS) is 11.2. The third-order valence-corrected chi connectivity index (χ3v) is 3.51. The summed E-state index contributed by atoms with van der Waals surface area (Å²) in [5.74, 6) is 2.73. The second-order valence-corrected chi connectivity index (χ2v) is 5.13. The molecule has 3 N–H and O–H groups in total. The number of hydrogen-bond acceptors (Lipinski definition) is 5. The molecule has 0 unspecified atom stereocenters. The van der Waals surface area contributed by atoms with E-state index in [0.717, 1.165) is 17.5 Å². The molecule has 0 saturated carbocycles. The SMILES string of the molecule is CN=C(NCCc1nc(-c2ccco2)n[nH]1)NCc1ccnn1C.I. The van der Waals surface area contributed by atoms with E-state index in [2.05, 4.69) is 35.9 Å². The molecule has 0 amide bonds. The van der Waals surface area contributed by atoms with Gasteiger partial charge in [-0.25, -0.2) is 4.98 Å². The Hall–Kier alpha value is -2.37. The van der Waals surface area contributed by atoms with E-state index in [9.17, 15) is 0 Å². The fraction of sp³-hybridized carbons (Fsp3) is 0.333. The van der Waals surface area contributed by atoms with Crippen LogP contribution in [0.3, 0.4) is 0 Å². The largest absolute Gasteiger partial charge is 0.461 e. The van der Waals surface area contributed by atoms with E-state index in [1.165, 1.54) is 0 Å². The van der Waals surface area contributed by atoms with Gasteiger partial charge in [0.1, 0.15) is 5.82 Å². The van der Waals surface area contributed by atoms with Crippen LogP contribution in [0.1, 0.15) is 11.5 Å². The number of H-pyrrole nitrogens is 1. The molecule has 3 heterocycles. The molecule has 3 rings (SSSR count). The Balaban J connectivity index is 0.00000225. The Labute approximate surface area is 162 Å². The summed E-state index contributed by atoms with van der Waals surface area (Å²) >= 11 is 0. The van der Waals surface area contributed by atoms with E-state index in [-0.39, 0.29) is 24.0 Å². The summed E-state index contributed by atoms with van der Waals surface area (Å²) in [6, 6.07) is 5.60. The van der Waals surface area contributed by atoms with Gasteiger partial charge in [0.05, 0.1) is 18.5 Å². The van der Waals surface area contributed by atoms with Gasteiger partial charge >= 0.3 is 0 Å². The average molecular weight is 456 g/mol. The molecule has 0 aliphatic heterocycles. The maximum absolute atomic E-state index is 5.27. The van der Waals surface area contributed by atoms with Crippen LogP contribution >= 0.6 is 24.0 Å². The third kappa shape index (κ3) is 5.05. The maximum atomic E-state index is 5.27. The highest BCUT2D eigenvalue weighted by atomic mass is 127. The molecule has 0 radical (unpaired) electrons. The first kappa shape index (κ1) is 19.0. The van der Waals surface area contributed by atoms with Gasteiger partial charge < -0.3 is 15.1 Å². The molecule has 0 atom stereocenters. The zero-order chi connectivity index (χ0) is 16.8. The minimum atomic E-state index is 0. The number of aliphatic imine (C=N–C) groups is 1. The fourth-order valence-electron chi connectivity index (χ4n) is 2.19. The van der Waals surface area contributed by atoms with Crippen molar-refractivity contribution in [1.82, 2.24) is 35.6 Å². The van der Waals surface area contributed by atoms with E-state index in [0.29, 0.717) is 31.1 Å². The number of nitrogens with one attached hydrogen (secondary N) is 3. The van der Waals surface area contributed by atoms with E-state index in [1.54, 1.807) is 19.5 Å². The standard InChI is InChI=1S/C15H20N8O.HI/c1-16-15(18-10-11-5-8-19-23(11)2)17-7-6-13-20-14(22-21-13)12-4-3-9-24-12;/h3-5,8-9H,6-7,10H2,1-2H3,(H2,16,17,18)(H,20,21,22);1H. The van der Waals surface area contributed by atoms with Crippen LogP contribution in [-0.2, 0) is 20.0 Å². The van der Waals surface area contributed by atoms with Crippen LogP contribution in [0.5, 0.6) is 0 Å². The Morgan fingerprint density at radius 2 is 2.24 bits per heavy atom. The number of aromatic amines is 1. The number of furan rings is 1. The highest BCUT2D eigenvalue weighted by molar-refractivity contribution is 14.0. The summed E-state index contributed by atoms with van der Waals surface area (Å²) in [6.07, 6.45) is 4.07. The van der Waals surface area contributed by atoms with Gasteiger partial charge in [0.25, 0.3) is 0 Å². The van der Waals surface area contributed by atoms with E-state index in [1.807, 2.05) is 29.9 Å². The smallest absolute Gasteiger partial charge is 0.216 e. The molecule has 0 saturated heterocycles. The molecule has 134 valence electrons.